The molecule has 0 fully saturated rings. The van der Waals surface area contributed by atoms with Crippen molar-refractivity contribution in [3.63, 3.8) is 0 Å². The standard InChI is InChI=1S/C17H12BrN3O4/c1-2-21(9-23)17(25)14-5-10(7-19)15(16(24)20-8-22)12-4-3-11(18)6-13(12)14/h3-6,8-9H,2H2,1H3,(H,20,22,24). The van der Waals surface area contributed by atoms with E-state index in [1.165, 1.54) is 6.07 Å². The maximum absolute atomic E-state index is 12.6. The number of halogens is 1. The lowest BCUT2D eigenvalue weighted by molar-refractivity contribution is -0.115. The summed E-state index contributed by atoms with van der Waals surface area (Å²) in [6.07, 6.45) is 0.629. The van der Waals surface area contributed by atoms with E-state index in [0.29, 0.717) is 21.7 Å². The number of imide groups is 2. The molecule has 0 aliphatic carbocycles. The molecule has 0 unspecified atom stereocenters. The number of nitrogens with zero attached hydrogens (tertiary/aromatic N) is 2. The maximum Gasteiger partial charge on any atom is 0.260 e. The number of carbonyl (C=O) groups excluding carboxylic acids is 4. The van der Waals surface area contributed by atoms with Gasteiger partial charge in [-0.05, 0) is 35.9 Å². The highest BCUT2D eigenvalue weighted by Gasteiger charge is 2.23. The Hall–Kier alpha value is -3.05. The molecule has 126 valence electrons. The first-order valence-electron chi connectivity index (χ1n) is 7.15. The average Bonchev–Trinajstić information content (AvgIpc) is 2.61. The molecule has 0 heterocycles. The van der Waals surface area contributed by atoms with Crippen molar-refractivity contribution in [1.82, 2.24) is 10.2 Å². The minimum absolute atomic E-state index is 0.0113. The van der Waals surface area contributed by atoms with Gasteiger partial charge in [-0.1, -0.05) is 22.0 Å². The van der Waals surface area contributed by atoms with Gasteiger partial charge in [-0.2, -0.15) is 5.26 Å². The Labute approximate surface area is 151 Å². The number of benzene rings is 2. The van der Waals surface area contributed by atoms with Crippen LogP contribution in [-0.4, -0.2) is 36.1 Å². The van der Waals surface area contributed by atoms with Gasteiger partial charge in [-0.25, -0.2) is 0 Å². The predicted octanol–water partition coefficient (Wildman–Crippen LogP) is 1.98. The molecule has 0 aliphatic rings. The van der Waals surface area contributed by atoms with Crippen molar-refractivity contribution >= 4 is 51.3 Å². The molecule has 2 aromatic rings. The fraction of sp³-hybridized carbons (Fsp3) is 0.118. The number of rotatable bonds is 5. The van der Waals surface area contributed by atoms with E-state index in [1.54, 1.807) is 25.1 Å². The molecule has 2 aromatic carbocycles. The number of hydrogen-bond acceptors (Lipinski definition) is 5. The van der Waals surface area contributed by atoms with Crippen LogP contribution in [-0.2, 0) is 9.59 Å². The Morgan fingerprint density at radius 3 is 2.56 bits per heavy atom. The van der Waals surface area contributed by atoms with Gasteiger partial charge >= 0.3 is 0 Å². The number of fused-ring (bicyclic) bond motifs is 1. The summed E-state index contributed by atoms with van der Waals surface area (Å²) >= 11 is 3.30. The van der Waals surface area contributed by atoms with Crippen LogP contribution in [0.2, 0.25) is 0 Å². The van der Waals surface area contributed by atoms with Crippen molar-refractivity contribution in [3.8, 4) is 6.07 Å². The molecular weight excluding hydrogens is 390 g/mol. The number of hydrogen-bond donors (Lipinski definition) is 1. The second kappa shape index (κ2) is 7.68. The lowest BCUT2D eigenvalue weighted by Crippen LogP contribution is -2.30. The van der Waals surface area contributed by atoms with Crippen molar-refractivity contribution in [2.24, 2.45) is 0 Å². The smallest absolute Gasteiger partial charge is 0.260 e. The number of carbonyl (C=O) groups is 4. The molecule has 0 aromatic heterocycles. The summed E-state index contributed by atoms with van der Waals surface area (Å²) in [6, 6.07) is 7.94. The zero-order valence-corrected chi connectivity index (χ0v) is 14.7. The van der Waals surface area contributed by atoms with Crippen LogP contribution >= 0.6 is 15.9 Å². The average molecular weight is 402 g/mol. The van der Waals surface area contributed by atoms with Gasteiger partial charge in [0.25, 0.3) is 11.8 Å². The van der Waals surface area contributed by atoms with E-state index in [1.807, 2.05) is 11.4 Å². The van der Waals surface area contributed by atoms with E-state index in [4.69, 9.17) is 0 Å². The SMILES string of the molecule is CCN(C=O)C(=O)c1cc(C#N)c(C(=O)NC=O)c2ccc(Br)cc12. The first-order chi connectivity index (χ1) is 12.0. The quantitative estimate of drug-likeness (QED) is 0.770. The molecule has 1 N–H and O–H groups in total. The van der Waals surface area contributed by atoms with Crippen LogP contribution in [0.15, 0.2) is 28.7 Å². The molecular formula is C17H12BrN3O4. The molecule has 4 amide bonds. The van der Waals surface area contributed by atoms with Crippen LogP contribution in [0.4, 0.5) is 0 Å². The first-order valence-corrected chi connectivity index (χ1v) is 7.94. The summed E-state index contributed by atoms with van der Waals surface area (Å²) < 4.78 is 0.648. The molecule has 0 aliphatic heterocycles. The Bertz CT molecular complexity index is 934. The Morgan fingerprint density at radius 2 is 2.00 bits per heavy atom. The molecule has 0 spiro atoms. The largest absolute Gasteiger partial charge is 0.295 e. The Morgan fingerprint density at radius 1 is 1.28 bits per heavy atom. The number of nitrogens with one attached hydrogen (secondary N) is 1. The van der Waals surface area contributed by atoms with Crippen molar-refractivity contribution in [2.45, 2.75) is 6.92 Å². The molecule has 0 bridgehead atoms. The summed E-state index contributed by atoms with van der Waals surface area (Å²) in [5, 5.41) is 12.1. The van der Waals surface area contributed by atoms with Crippen molar-refractivity contribution in [2.75, 3.05) is 6.54 Å². The molecule has 25 heavy (non-hydrogen) atoms. The lowest BCUT2D eigenvalue weighted by atomic mass is 9.94. The lowest BCUT2D eigenvalue weighted by Gasteiger charge is -2.17. The Kier molecular flexibility index (Phi) is 5.62. The molecule has 7 nitrogen and oxygen atoms in total. The van der Waals surface area contributed by atoms with E-state index < -0.39 is 11.8 Å². The molecule has 8 heteroatoms. The first kappa shape index (κ1) is 18.3. The van der Waals surface area contributed by atoms with Gasteiger partial charge < -0.3 is 0 Å². The third-order valence-electron chi connectivity index (χ3n) is 3.60. The van der Waals surface area contributed by atoms with E-state index in [9.17, 15) is 24.4 Å². The summed E-state index contributed by atoms with van der Waals surface area (Å²) in [5.74, 6) is -1.33. The fourth-order valence-electron chi connectivity index (χ4n) is 2.45. The van der Waals surface area contributed by atoms with Gasteiger partial charge in [0.15, 0.2) is 0 Å². The normalized spacial score (nSPS) is 9.96. The van der Waals surface area contributed by atoms with Crippen molar-refractivity contribution < 1.29 is 19.2 Å². The highest BCUT2D eigenvalue weighted by molar-refractivity contribution is 9.10. The zero-order chi connectivity index (χ0) is 18.6. The van der Waals surface area contributed by atoms with Crippen LogP contribution in [0.1, 0.15) is 33.2 Å². The maximum atomic E-state index is 12.6. The summed E-state index contributed by atoms with van der Waals surface area (Å²) in [6.45, 7) is 1.80. The zero-order valence-electron chi connectivity index (χ0n) is 13.1. The second-order valence-corrected chi connectivity index (χ2v) is 5.85. The minimum atomic E-state index is -0.749. The predicted molar refractivity (Wildman–Crippen MR) is 92.7 cm³/mol. The fourth-order valence-corrected chi connectivity index (χ4v) is 2.81. The molecule has 0 saturated carbocycles. The van der Waals surface area contributed by atoms with Crippen molar-refractivity contribution in [1.29, 1.82) is 5.26 Å². The van der Waals surface area contributed by atoms with Crippen LogP contribution in [0.5, 0.6) is 0 Å². The number of amides is 4. The highest BCUT2D eigenvalue weighted by atomic mass is 79.9. The summed E-state index contributed by atoms with van der Waals surface area (Å²) in [4.78, 5) is 47.5. The van der Waals surface area contributed by atoms with Gasteiger partial charge in [-0.3, -0.25) is 29.4 Å². The molecule has 0 saturated heterocycles. The minimum Gasteiger partial charge on any atom is -0.295 e. The third kappa shape index (κ3) is 3.41. The van der Waals surface area contributed by atoms with E-state index in [-0.39, 0.29) is 29.6 Å². The second-order valence-electron chi connectivity index (χ2n) is 4.94. The van der Waals surface area contributed by atoms with Crippen LogP contribution < -0.4 is 5.32 Å². The van der Waals surface area contributed by atoms with Gasteiger partial charge in [0.2, 0.25) is 12.8 Å². The molecule has 2 rings (SSSR count). The highest BCUT2D eigenvalue weighted by Crippen LogP contribution is 2.30. The number of nitriles is 1. The van der Waals surface area contributed by atoms with Gasteiger partial charge in [0.1, 0.15) is 6.07 Å². The molecule has 0 radical (unpaired) electrons. The van der Waals surface area contributed by atoms with Crippen LogP contribution in [0, 0.1) is 11.3 Å². The summed E-state index contributed by atoms with van der Waals surface area (Å²) in [7, 11) is 0. The van der Waals surface area contributed by atoms with E-state index >= 15 is 0 Å². The van der Waals surface area contributed by atoms with Crippen LogP contribution in [0.25, 0.3) is 10.8 Å². The topological polar surface area (TPSA) is 107 Å². The van der Waals surface area contributed by atoms with Gasteiger partial charge in [-0.15, -0.1) is 0 Å². The van der Waals surface area contributed by atoms with Crippen molar-refractivity contribution in [3.05, 3.63) is 45.4 Å². The van der Waals surface area contributed by atoms with Gasteiger partial charge in [0.05, 0.1) is 11.1 Å². The Balaban J connectivity index is 2.88. The van der Waals surface area contributed by atoms with E-state index in [2.05, 4.69) is 15.9 Å². The summed E-state index contributed by atoms with van der Waals surface area (Å²) in [5.41, 5.74) is 0.0340. The third-order valence-corrected chi connectivity index (χ3v) is 4.09. The van der Waals surface area contributed by atoms with Gasteiger partial charge in [0, 0.05) is 16.6 Å². The van der Waals surface area contributed by atoms with Crippen LogP contribution in [0.3, 0.4) is 0 Å². The van der Waals surface area contributed by atoms with E-state index in [0.717, 1.165) is 4.90 Å². The molecule has 0 atom stereocenters. The monoisotopic (exact) mass is 401 g/mol.